The molecule has 0 saturated carbocycles. The zero-order valence-electron chi connectivity index (χ0n) is 15.6. The van der Waals surface area contributed by atoms with Gasteiger partial charge in [-0.2, -0.15) is 4.98 Å². The van der Waals surface area contributed by atoms with Crippen molar-refractivity contribution in [3.8, 4) is 17.6 Å². The van der Waals surface area contributed by atoms with Gasteiger partial charge < -0.3 is 25.0 Å². The van der Waals surface area contributed by atoms with Crippen LogP contribution in [0, 0.1) is 6.92 Å². The predicted molar refractivity (Wildman–Crippen MR) is 100 cm³/mol. The van der Waals surface area contributed by atoms with Gasteiger partial charge in [-0.3, -0.25) is 0 Å². The molecule has 10 heteroatoms. The van der Waals surface area contributed by atoms with Crippen molar-refractivity contribution >= 4 is 28.4 Å². The molecule has 0 bridgehead atoms. The second-order valence-electron chi connectivity index (χ2n) is 5.68. The number of carbonyl (C=O) groups is 1. The van der Waals surface area contributed by atoms with Crippen LogP contribution in [-0.2, 0) is 4.74 Å². The van der Waals surface area contributed by atoms with Gasteiger partial charge in [-0.15, -0.1) is 0 Å². The van der Waals surface area contributed by atoms with Crippen LogP contribution in [0.5, 0.6) is 17.6 Å². The van der Waals surface area contributed by atoms with Crippen molar-refractivity contribution in [1.29, 1.82) is 0 Å². The highest BCUT2D eigenvalue weighted by atomic mass is 16.5. The molecule has 146 valence electrons. The Bertz CT molecular complexity index is 1040. The van der Waals surface area contributed by atoms with Crippen LogP contribution in [0.15, 0.2) is 18.5 Å². The average molecular weight is 385 g/mol. The third-order valence-electron chi connectivity index (χ3n) is 3.81. The maximum atomic E-state index is 12.4. The molecular weight excluding hydrogens is 366 g/mol. The van der Waals surface area contributed by atoms with E-state index in [1.54, 1.807) is 19.9 Å². The Morgan fingerprint density at radius 1 is 1.14 bits per heavy atom. The van der Waals surface area contributed by atoms with Gasteiger partial charge in [-0.05, 0) is 26.8 Å². The third-order valence-corrected chi connectivity index (χ3v) is 3.81. The fourth-order valence-electron chi connectivity index (χ4n) is 2.58. The van der Waals surface area contributed by atoms with Gasteiger partial charge >= 0.3 is 12.0 Å². The molecule has 0 aliphatic rings. The molecule has 3 rings (SSSR count). The number of esters is 1. The number of aryl methyl sites for hydroxylation is 1. The zero-order chi connectivity index (χ0) is 20.3. The number of anilines is 2. The molecule has 10 nitrogen and oxygen atoms in total. The van der Waals surface area contributed by atoms with Crippen LogP contribution in [0.1, 0.15) is 29.9 Å². The number of nitrogens with one attached hydrogen (secondary N) is 1. The van der Waals surface area contributed by atoms with Crippen molar-refractivity contribution in [2.45, 2.75) is 20.8 Å². The van der Waals surface area contributed by atoms with Gasteiger partial charge in [0.05, 0.1) is 30.8 Å². The molecule has 0 aliphatic carbocycles. The summed E-state index contributed by atoms with van der Waals surface area (Å²) in [5.74, 6) is -0.554. The van der Waals surface area contributed by atoms with Gasteiger partial charge in [-0.1, -0.05) is 0 Å². The Morgan fingerprint density at radius 2 is 1.93 bits per heavy atom. The van der Waals surface area contributed by atoms with Gasteiger partial charge in [0.2, 0.25) is 5.88 Å². The molecule has 0 radical (unpaired) electrons. The van der Waals surface area contributed by atoms with Crippen molar-refractivity contribution in [2.24, 2.45) is 0 Å². The molecule has 0 fully saturated rings. The first-order chi connectivity index (χ1) is 13.4. The first-order valence-electron chi connectivity index (χ1n) is 8.56. The summed E-state index contributed by atoms with van der Waals surface area (Å²) >= 11 is 0. The number of nitrogens with zero attached hydrogens (tertiary/aromatic N) is 4. The fourth-order valence-corrected chi connectivity index (χ4v) is 2.58. The van der Waals surface area contributed by atoms with Crippen LogP contribution < -0.4 is 10.1 Å². The number of aromatic hydroxyl groups is 2. The number of hydrogen-bond donors (Lipinski definition) is 3. The largest absolute Gasteiger partial charge is 0.492 e. The van der Waals surface area contributed by atoms with Gasteiger partial charge in [0.25, 0.3) is 0 Å². The van der Waals surface area contributed by atoms with Gasteiger partial charge in [-0.25, -0.2) is 19.7 Å². The minimum Gasteiger partial charge on any atom is -0.492 e. The van der Waals surface area contributed by atoms with E-state index in [9.17, 15) is 15.0 Å². The summed E-state index contributed by atoms with van der Waals surface area (Å²) in [5, 5.41) is 22.7. The monoisotopic (exact) mass is 385 g/mol. The number of ether oxygens (including phenoxy) is 2. The zero-order valence-corrected chi connectivity index (χ0v) is 15.6. The number of pyridine rings is 2. The van der Waals surface area contributed by atoms with E-state index in [2.05, 4.69) is 25.3 Å². The molecule has 3 heterocycles. The second-order valence-corrected chi connectivity index (χ2v) is 5.68. The maximum absolute atomic E-state index is 12.4. The second kappa shape index (κ2) is 7.91. The quantitative estimate of drug-likeness (QED) is 0.542. The topological polar surface area (TPSA) is 140 Å². The molecule has 0 atom stereocenters. The van der Waals surface area contributed by atoms with Crippen LogP contribution >= 0.6 is 0 Å². The van der Waals surface area contributed by atoms with E-state index in [-0.39, 0.29) is 17.9 Å². The van der Waals surface area contributed by atoms with Crippen molar-refractivity contribution in [2.75, 3.05) is 18.5 Å². The number of rotatable bonds is 6. The van der Waals surface area contributed by atoms with Gasteiger partial charge in [0.15, 0.2) is 5.65 Å². The third kappa shape index (κ3) is 3.70. The fraction of sp³-hybridized carbons (Fsp3) is 0.278. The van der Waals surface area contributed by atoms with Gasteiger partial charge in [0, 0.05) is 11.6 Å². The molecule has 3 aromatic rings. The molecule has 3 N–H and O–H groups in total. The Hall–Kier alpha value is -3.69. The smallest absolute Gasteiger partial charge is 0.341 e. The van der Waals surface area contributed by atoms with E-state index in [0.717, 1.165) is 0 Å². The molecule has 0 unspecified atom stereocenters. The highest BCUT2D eigenvalue weighted by Crippen LogP contribution is 2.34. The lowest BCUT2D eigenvalue weighted by Gasteiger charge is -2.15. The normalized spacial score (nSPS) is 10.7. The van der Waals surface area contributed by atoms with Crippen molar-refractivity contribution in [3.63, 3.8) is 0 Å². The summed E-state index contributed by atoms with van der Waals surface area (Å²) in [6, 6.07) is 1.13. The summed E-state index contributed by atoms with van der Waals surface area (Å²) in [6.45, 7) is 5.95. The number of hydrogen-bond acceptors (Lipinski definition) is 10. The molecule has 0 amide bonds. The molecule has 0 saturated heterocycles. The average Bonchev–Trinajstić information content (AvgIpc) is 2.65. The standard InChI is InChI=1S/C18H19N5O5/c1-4-27-13-6-10-14(22-12-8-20-18(26)23-16(12)24)11(17(25)28-5-2)7-19-15(10)21-9(13)3/h6-8H,4-5H2,1-3H3,(H,19,21,22)(H2,20,23,24,26). The maximum Gasteiger partial charge on any atom is 0.341 e. The minimum atomic E-state index is -0.600. The lowest BCUT2D eigenvalue weighted by molar-refractivity contribution is 0.0527. The first kappa shape index (κ1) is 19.1. The summed E-state index contributed by atoms with van der Waals surface area (Å²) in [4.78, 5) is 28.2. The van der Waals surface area contributed by atoms with E-state index in [4.69, 9.17) is 9.47 Å². The van der Waals surface area contributed by atoms with E-state index in [1.807, 2.05) is 6.92 Å². The Kier molecular flexibility index (Phi) is 5.39. The summed E-state index contributed by atoms with van der Waals surface area (Å²) in [6.07, 6.45) is 2.53. The highest BCUT2D eigenvalue weighted by molar-refractivity contribution is 6.05. The summed E-state index contributed by atoms with van der Waals surface area (Å²) in [5.41, 5.74) is 1.52. The van der Waals surface area contributed by atoms with E-state index >= 15 is 0 Å². The summed E-state index contributed by atoms with van der Waals surface area (Å²) < 4.78 is 10.7. The van der Waals surface area contributed by atoms with Crippen LogP contribution in [0.3, 0.4) is 0 Å². The highest BCUT2D eigenvalue weighted by Gasteiger charge is 2.20. The lowest BCUT2D eigenvalue weighted by atomic mass is 10.1. The molecular formula is C18H19N5O5. The van der Waals surface area contributed by atoms with Crippen LogP contribution in [0.2, 0.25) is 0 Å². The Labute approximate surface area is 160 Å². The van der Waals surface area contributed by atoms with E-state index < -0.39 is 17.9 Å². The summed E-state index contributed by atoms with van der Waals surface area (Å²) in [7, 11) is 0. The van der Waals surface area contributed by atoms with Crippen molar-refractivity contribution < 1.29 is 24.5 Å². The van der Waals surface area contributed by atoms with Crippen LogP contribution in [-0.4, -0.2) is 49.3 Å². The minimum absolute atomic E-state index is 0.0781. The van der Waals surface area contributed by atoms with Gasteiger partial charge in [0.1, 0.15) is 17.0 Å². The Morgan fingerprint density at radius 3 is 2.61 bits per heavy atom. The van der Waals surface area contributed by atoms with Crippen LogP contribution in [0.4, 0.5) is 11.4 Å². The molecule has 0 spiro atoms. The van der Waals surface area contributed by atoms with Crippen molar-refractivity contribution in [1.82, 2.24) is 19.9 Å². The number of carbonyl (C=O) groups excluding carboxylic acids is 1. The SMILES string of the molecule is CCOC(=O)c1cnc2nc(C)c(OCC)cc2c1Nc1cnc(O)nc1O. The Balaban J connectivity index is 2.22. The van der Waals surface area contributed by atoms with E-state index in [0.29, 0.717) is 34.8 Å². The first-order valence-corrected chi connectivity index (χ1v) is 8.56. The lowest BCUT2D eigenvalue weighted by Crippen LogP contribution is -2.10. The molecule has 0 aliphatic heterocycles. The molecule has 28 heavy (non-hydrogen) atoms. The number of aromatic nitrogens is 4. The molecule has 0 aromatic carbocycles. The van der Waals surface area contributed by atoms with E-state index in [1.165, 1.54) is 12.4 Å². The predicted octanol–water partition coefficient (Wildman–Crippen LogP) is 2.46. The number of fused-ring (bicyclic) bond motifs is 1. The molecule has 3 aromatic heterocycles. The van der Waals surface area contributed by atoms with Crippen LogP contribution in [0.25, 0.3) is 11.0 Å². The van der Waals surface area contributed by atoms with Crippen molar-refractivity contribution in [3.05, 3.63) is 29.7 Å².